The van der Waals surface area contributed by atoms with E-state index >= 15 is 0 Å². The molecular weight excluding hydrogens is 308 g/mol. The molecule has 1 aromatic rings. The van der Waals surface area contributed by atoms with E-state index in [-0.39, 0.29) is 11.5 Å². The van der Waals surface area contributed by atoms with Crippen molar-refractivity contribution in [3.05, 3.63) is 18.2 Å². The van der Waals surface area contributed by atoms with E-state index in [1.54, 1.807) is 12.1 Å². The zero-order chi connectivity index (χ0) is 13.3. The molecule has 4 unspecified atom stereocenters. The third-order valence-electron chi connectivity index (χ3n) is 16.4. The van der Waals surface area contributed by atoms with Crippen LogP contribution < -0.4 is 4.74 Å². The van der Waals surface area contributed by atoms with E-state index in [0.717, 1.165) is 10.9 Å². The summed E-state index contributed by atoms with van der Waals surface area (Å²) in [5, 5.41) is 19.6. The van der Waals surface area contributed by atoms with Gasteiger partial charge in [0.05, 0.1) is 0 Å². The average molecular weight is 324 g/mol. The molecule has 0 aromatic heterocycles. The molecule has 21 heavy (non-hydrogen) atoms. The van der Waals surface area contributed by atoms with Crippen LogP contribution in [0.15, 0.2) is 18.2 Å². The summed E-state index contributed by atoms with van der Waals surface area (Å²) < 4.78 is 6.89. The molecule has 10 fully saturated rings. The summed E-state index contributed by atoms with van der Waals surface area (Å²) in [7, 11) is 0. The van der Waals surface area contributed by atoms with E-state index in [1.165, 1.54) is 49.4 Å². The first-order valence-corrected chi connectivity index (χ1v) is 14.6. The zero-order valence-corrected chi connectivity index (χ0v) is 12.4. The van der Waals surface area contributed by atoms with Crippen molar-refractivity contribution in [1.82, 2.24) is 0 Å². The first-order chi connectivity index (χ1) is 9.94. The van der Waals surface area contributed by atoms with E-state index in [2.05, 4.69) is 0 Å². The molecule has 0 radical (unpaired) electrons. The first kappa shape index (κ1) is 8.12. The number of fused-ring (bicyclic) bond motifs is 10. The molecule has 0 saturated carbocycles. The molecule has 10 aliphatic heterocycles. The second-order valence-electron chi connectivity index (χ2n) is 11.7. The Morgan fingerprint density at radius 2 is 1.57 bits per heavy atom. The molecule has 10 heterocycles. The van der Waals surface area contributed by atoms with E-state index in [4.69, 9.17) is 4.74 Å². The minimum atomic E-state index is -3.03. The Kier molecular flexibility index (Phi) is 0.293. The molecule has 0 aliphatic carbocycles. The fraction of sp³-hybridized carbons (Fsp3) is 0.647. The van der Waals surface area contributed by atoms with Gasteiger partial charge < -0.3 is 0 Å². The van der Waals surface area contributed by atoms with E-state index < -0.39 is 6.51 Å². The van der Waals surface area contributed by atoms with Gasteiger partial charge in [-0.15, -0.1) is 0 Å². The third-order valence-corrected chi connectivity index (χ3v) is 59.3. The number of phenolic OH excluding ortho intramolecular Hbond substituents is 2. The van der Waals surface area contributed by atoms with Crippen molar-refractivity contribution < 1.29 is 21.5 Å². The SMILES string of the molecule is Oc1cccc(OC[C]23[CH]4[CH]5[CH]6[CH]2[Fe]56432789[CH]3[CH]2[CH]7[CH]8[CH]39)c1O. The molecule has 0 bridgehead atoms. The van der Waals surface area contributed by atoms with Crippen LogP contribution in [0.5, 0.6) is 17.2 Å². The molecule has 110 valence electrons. The van der Waals surface area contributed by atoms with E-state index in [9.17, 15) is 10.2 Å². The van der Waals surface area contributed by atoms with Crippen LogP contribution in [0, 0.1) is 0 Å². The van der Waals surface area contributed by atoms with Crippen molar-refractivity contribution in [2.75, 3.05) is 6.61 Å². The van der Waals surface area contributed by atoms with Crippen molar-refractivity contribution in [2.24, 2.45) is 0 Å². The number of para-hydroxylation sites is 1. The molecular formula is C17H16FeO3. The maximum absolute atomic E-state index is 9.99. The van der Waals surface area contributed by atoms with Crippen molar-refractivity contribution in [2.45, 2.75) is 47.7 Å². The predicted molar refractivity (Wildman–Crippen MR) is 71.7 cm³/mol. The van der Waals surface area contributed by atoms with Crippen molar-refractivity contribution in [3.63, 3.8) is 0 Å². The molecule has 0 amide bonds. The Morgan fingerprint density at radius 3 is 2.05 bits per heavy atom. The van der Waals surface area contributed by atoms with Gasteiger partial charge in [-0.1, -0.05) is 0 Å². The van der Waals surface area contributed by atoms with Crippen LogP contribution >= 0.6 is 0 Å². The van der Waals surface area contributed by atoms with Gasteiger partial charge in [-0.2, -0.15) is 0 Å². The Labute approximate surface area is 111 Å². The Hall–Kier alpha value is -0.861. The Bertz CT molecular complexity index is 1170. The van der Waals surface area contributed by atoms with Gasteiger partial charge in [0, 0.05) is 0 Å². The van der Waals surface area contributed by atoms with Gasteiger partial charge in [-0.05, 0) is 0 Å². The number of phenols is 2. The van der Waals surface area contributed by atoms with Crippen LogP contribution in [0.1, 0.15) is 0 Å². The van der Waals surface area contributed by atoms with Crippen LogP contribution in [0.4, 0.5) is 0 Å². The molecule has 3 nitrogen and oxygen atoms in total. The summed E-state index contributed by atoms with van der Waals surface area (Å²) >= 11 is 0. The third kappa shape index (κ3) is 0.104. The summed E-state index contributed by atoms with van der Waals surface area (Å²) in [6.07, 6.45) is 0. The van der Waals surface area contributed by atoms with Gasteiger partial charge in [0.1, 0.15) is 0 Å². The number of aromatic hydroxyl groups is 2. The number of hydrogen-bond donors (Lipinski definition) is 2. The summed E-state index contributed by atoms with van der Waals surface area (Å²) in [4.78, 5) is 11.7. The molecule has 2 N–H and O–H groups in total. The Balaban J connectivity index is 1.19. The summed E-state index contributed by atoms with van der Waals surface area (Å²) in [6, 6.07) is 5.09. The molecule has 10 saturated heterocycles. The van der Waals surface area contributed by atoms with Gasteiger partial charge in [0.25, 0.3) is 0 Å². The predicted octanol–water partition coefficient (Wildman–Crippen LogP) is 4.24. The molecule has 1 aromatic carbocycles. The summed E-state index contributed by atoms with van der Waals surface area (Å²) in [5.41, 5.74) is 0. The zero-order valence-electron chi connectivity index (χ0n) is 11.3. The molecule has 1 spiro atoms. The molecule has 4 atom stereocenters. The topological polar surface area (TPSA) is 49.7 Å². The number of benzene rings is 1. The Morgan fingerprint density at radius 1 is 0.952 bits per heavy atom. The van der Waals surface area contributed by atoms with Crippen LogP contribution in [0.3, 0.4) is 0 Å². The number of rotatable bonds is 3. The van der Waals surface area contributed by atoms with Gasteiger partial charge in [-0.3, -0.25) is 0 Å². The van der Waals surface area contributed by atoms with E-state index in [0.29, 0.717) is 5.75 Å². The fourth-order valence-electron chi connectivity index (χ4n) is 17.9. The standard InChI is InChI=1S/C12H11O3.C5H5.Fe/c13-10-6-3-7-11(12(10)14)15-8-9-4-1-2-5-9;1-2-4-5-3-1;/h1-7,13-14H,8H2;1-5H;. The number of ether oxygens (including phenoxy) is 1. The molecule has 4 heteroatoms. The van der Waals surface area contributed by atoms with Gasteiger partial charge in [-0.25, -0.2) is 0 Å². The van der Waals surface area contributed by atoms with Crippen molar-refractivity contribution >= 4 is 0 Å². The number of hydrogen-bond acceptors (Lipinski definition) is 3. The average Bonchev–Trinajstić information content (AvgIpc) is 3.42. The van der Waals surface area contributed by atoms with Crippen LogP contribution in [-0.4, -0.2) is 16.8 Å². The van der Waals surface area contributed by atoms with Crippen LogP contribution in [-0.2, 0) is 6.51 Å². The van der Waals surface area contributed by atoms with Gasteiger partial charge >= 0.3 is 111 Å². The monoisotopic (exact) mass is 324 g/mol. The van der Waals surface area contributed by atoms with Gasteiger partial charge in [0.15, 0.2) is 0 Å². The maximum atomic E-state index is 9.99. The van der Waals surface area contributed by atoms with Crippen LogP contribution in [0.25, 0.3) is 0 Å². The van der Waals surface area contributed by atoms with Gasteiger partial charge in [0.2, 0.25) is 0 Å². The van der Waals surface area contributed by atoms with Crippen molar-refractivity contribution in [3.8, 4) is 17.2 Å². The van der Waals surface area contributed by atoms with E-state index in [1.807, 2.05) is 0 Å². The summed E-state index contributed by atoms with van der Waals surface area (Å²) in [6.45, 7) is -2.13. The normalized spacial score (nSPS) is 98.4. The van der Waals surface area contributed by atoms with Crippen molar-refractivity contribution in [1.29, 1.82) is 0 Å². The van der Waals surface area contributed by atoms with Crippen LogP contribution in [0.2, 0.25) is 47.7 Å². The molecule has 11 rings (SSSR count). The quantitative estimate of drug-likeness (QED) is 0.646. The fourth-order valence-corrected chi connectivity index (χ4v) is 92.4. The minimum absolute atomic E-state index is 0.0577. The summed E-state index contributed by atoms with van der Waals surface area (Å²) in [5.74, 6) is 0.382. The molecule has 10 aliphatic rings. The first-order valence-electron chi connectivity index (χ1n) is 8.30. The second kappa shape index (κ2) is 0.758. The second-order valence-corrected chi connectivity index (χ2v) is 35.4.